The van der Waals surface area contributed by atoms with Crippen LogP contribution in [0.15, 0.2) is 0 Å². The maximum Gasteiger partial charge on any atom is 0.417 e. The summed E-state index contributed by atoms with van der Waals surface area (Å²) in [6.07, 6.45) is 0. The van der Waals surface area contributed by atoms with Gasteiger partial charge in [0.15, 0.2) is 13.2 Å². The second kappa shape index (κ2) is 5.51. The molecule has 0 atom stereocenters. The highest BCUT2D eigenvalue weighted by Gasteiger charge is 2.18. The number of nitrogens with two attached hydrogens (primary N) is 2. The highest BCUT2D eigenvalue weighted by atomic mass is 16.6. The van der Waals surface area contributed by atoms with Crippen molar-refractivity contribution in [2.75, 3.05) is 13.2 Å². The summed E-state index contributed by atoms with van der Waals surface area (Å²) in [4.78, 5) is 41.4. The number of carbonyl (C=O) groups excluding carboxylic acids is 4. The van der Waals surface area contributed by atoms with Crippen LogP contribution in [0, 0.1) is 0 Å². The molecule has 0 saturated carbocycles. The molecule has 0 aromatic carbocycles. The number of rotatable bonds is 4. The summed E-state index contributed by atoms with van der Waals surface area (Å²) < 4.78 is 8.11. The van der Waals surface area contributed by atoms with E-state index in [-0.39, 0.29) is 0 Å². The molecule has 4 N–H and O–H groups in total. The zero-order chi connectivity index (χ0) is 11.1. The Morgan fingerprint density at radius 1 is 0.786 bits per heavy atom. The van der Waals surface area contributed by atoms with Crippen molar-refractivity contribution in [3.63, 3.8) is 0 Å². The highest BCUT2D eigenvalue weighted by Crippen LogP contribution is 1.84. The maximum absolute atomic E-state index is 10.6. The molecular weight excluding hydrogens is 196 g/mol. The Bertz CT molecular complexity index is 245. The third-order valence-electron chi connectivity index (χ3n) is 0.858. The second-order valence-corrected chi connectivity index (χ2v) is 2.08. The molecule has 0 aromatic rings. The van der Waals surface area contributed by atoms with Crippen LogP contribution < -0.4 is 11.5 Å². The first-order valence-corrected chi connectivity index (χ1v) is 3.34. The molecule has 78 valence electrons. The first-order valence-electron chi connectivity index (χ1n) is 3.34. The summed E-state index contributed by atoms with van der Waals surface area (Å²) in [7, 11) is 0. The SMILES string of the molecule is NC(=O)COC(=O)C(=O)OCC(N)=O. The average molecular weight is 204 g/mol. The van der Waals surface area contributed by atoms with Gasteiger partial charge in [-0.05, 0) is 0 Å². The minimum Gasteiger partial charge on any atom is -0.447 e. The van der Waals surface area contributed by atoms with Crippen molar-refractivity contribution in [3.05, 3.63) is 0 Å². The van der Waals surface area contributed by atoms with Crippen LogP contribution in [0.1, 0.15) is 0 Å². The van der Waals surface area contributed by atoms with E-state index in [1.54, 1.807) is 0 Å². The van der Waals surface area contributed by atoms with Gasteiger partial charge in [0.1, 0.15) is 0 Å². The van der Waals surface area contributed by atoms with E-state index in [1.807, 2.05) is 0 Å². The number of hydrogen-bond donors (Lipinski definition) is 2. The molecule has 0 aliphatic carbocycles. The molecular formula is C6H8N2O6. The molecule has 0 aromatic heterocycles. The predicted octanol–water partition coefficient (Wildman–Crippen LogP) is -2.96. The topological polar surface area (TPSA) is 139 Å². The third-order valence-corrected chi connectivity index (χ3v) is 0.858. The lowest BCUT2D eigenvalue weighted by Gasteiger charge is -2.01. The van der Waals surface area contributed by atoms with E-state index < -0.39 is 37.0 Å². The van der Waals surface area contributed by atoms with E-state index in [9.17, 15) is 19.2 Å². The van der Waals surface area contributed by atoms with Crippen LogP contribution in [-0.2, 0) is 28.7 Å². The van der Waals surface area contributed by atoms with Crippen molar-refractivity contribution in [1.29, 1.82) is 0 Å². The Morgan fingerprint density at radius 3 is 1.29 bits per heavy atom. The normalized spacial score (nSPS) is 8.86. The fourth-order valence-corrected chi connectivity index (χ4v) is 0.391. The van der Waals surface area contributed by atoms with E-state index >= 15 is 0 Å². The smallest absolute Gasteiger partial charge is 0.417 e. The Balaban J connectivity index is 3.82. The van der Waals surface area contributed by atoms with Crippen LogP contribution >= 0.6 is 0 Å². The Kier molecular flexibility index (Phi) is 4.68. The molecule has 8 nitrogen and oxygen atoms in total. The van der Waals surface area contributed by atoms with Crippen molar-refractivity contribution >= 4 is 23.8 Å². The molecule has 2 amide bonds. The summed E-state index contributed by atoms with van der Waals surface area (Å²) in [5, 5.41) is 0. The Labute approximate surface area is 78.1 Å². The second-order valence-electron chi connectivity index (χ2n) is 2.08. The fraction of sp³-hybridized carbons (Fsp3) is 0.333. The molecule has 0 radical (unpaired) electrons. The van der Waals surface area contributed by atoms with Gasteiger partial charge in [-0.1, -0.05) is 0 Å². The van der Waals surface area contributed by atoms with E-state index in [0.717, 1.165) is 0 Å². The van der Waals surface area contributed by atoms with Crippen molar-refractivity contribution in [2.45, 2.75) is 0 Å². The summed E-state index contributed by atoms with van der Waals surface area (Å²) in [6.45, 7) is -1.46. The van der Waals surface area contributed by atoms with E-state index in [4.69, 9.17) is 0 Å². The number of ether oxygens (including phenoxy) is 2. The molecule has 0 fully saturated rings. The average Bonchev–Trinajstić information content (AvgIpc) is 2.09. The standard InChI is InChI=1S/C6H8N2O6/c7-3(9)1-13-5(11)6(12)14-2-4(8)10/h1-2H2,(H2,7,9)(H2,8,10). The van der Waals surface area contributed by atoms with Gasteiger partial charge in [0.05, 0.1) is 0 Å². The van der Waals surface area contributed by atoms with Crippen LogP contribution in [0.2, 0.25) is 0 Å². The first kappa shape index (κ1) is 11.9. The third kappa shape index (κ3) is 5.52. The van der Waals surface area contributed by atoms with Gasteiger partial charge in [0, 0.05) is 0 Å². The van der Waals surface area contributed by atoms with Crippen molar-refractivity contribution < 1.29 is 28.7 Å². The summed E-state index contributed by atoms with van der Waals surface area (Å²) in [5.74, 6) is -4.66. The monoisotopic (exact) mass is 204 g/mol. The van der Waals surface area contributed by atoms with Crippen LogP contribution in [0.25, 0.3) is 0 Å². The lowest BCUT2D eigenvalue weighted by molar-refractivity contribution is -0.169. The summed E-state index contributed by atoms with van der Waals surface area (Å²) >= 11 is 0. The van der Waals surface area contributed by atoms with E-state index in [2.05, 4.69) is 20.9 Å². The van der Waals surface area contributed by atoms with Crippen LogP contribution in [0.5, 0.6) is 0 Å². The fourth-order valence-electron chi connectivity index (χ4n) is 0.391. The Hall–Kier alpha value is -2.12. The van der Waals surface area contributed by atoms with Gasteiger partial charge in [0.25, 0.3) is 11.8 Å². The number of esters is 2. The van der Waals surface area contributed by atoms with E-state index in [0.29, 0.717) is 0 Å². The molecule has 0 rings (SSSR count). The zero-order valence-corrected chi connectivity index (χ0v) is 7.02. The summed E-state index contributed by atoms with van der Waals surface area (Å²) in [5.41, 5.74) is 9.24. The maximum atomic E-state index is 10.6. The lowest BCUT2D eigenvalue weighted by atomic mass is 10.6. The molecule has 14 heavy (non-hydrogen) atoms. The molecule has 8 heteroatoms. The van der Waals surface area contributed by atoms with E-state index in [1.165, 1.54) is 0 Å². The molecule has 0 saturated heterocycles. The van der Waals surface area contributed by atoms with Gasteiger partial charge in [-0.2, -0.15) is 0 Å². The van der Waals surface area contributed by atoms with Crippen LogP contribution in [0.4, 0.5) is 0 Å². The lowest BCUT2D eigenvalue weighted by Crippen LogP contribution is -2.29. The van der Waals surface area contributed by atoms with Crippen molar-refractivity contribution in [1.82, 2.24) is 0 Å². The predicted molar refractivity (Wildman–Crippen MR) is 40.3 cm³/mol. The molecule has 0 unspecified atom stereocenters. The van der Waals surface area contributed by atoms with Gasteiger partial charge in [-0.15, -0.1) is 0 Å². The number of carbonyl (C=O) groups is 4. The van der Waals surface area contributed by atoms with Crippen LogP contribution in [0.3, 0.4) is 0 Å². The molecule has 0 heterocycles. The first-order chi connectivity index (χ1) is 6.43. The van der Waals surface area contributed by atoms with Gasteiger partial charge in [-0.3, -0.25) is 9.59 Å². The number of amides is 2. The van der Waals surface area contributed by atoms with Crippen molar-refractivity contribution in [3.8, 4) is 0 Å². The van der Waals surface area contributed by atoms with Crippen LogP contribution in [-0.4, -0.2) is 37.0 Å². The van der Waals surface area contributed by atoms with Gasteiger partial charge >= 0.3 is 11.9 Å². The molecule has 0 spiro atoms. The summed E-state index contributed by atoms with van der Waals surface area (Å²) in [6, 6.07) is 0. The number of hydrogen-bond acceptors (Lipinski definition) is 6. The highest BCUT2D eigenvalue weighted by molar-refractivity contribution is 6.30. The minimum atomic E-state index is -1.41. The zero-order valence-electron chi connectivity index (χ0n) is 7.02. The number of primary amides is 2. The largest absolute Gasteiger partial charge is 0.447 e. The molecule has 0 aliphatic rings. The van der Waals surface area contributed by atoms with Gasteiger partial charge in [0.2, 0.25) is 0 Å². The molecule has 0 aliphatic heterocycles. The van der Waals surface area contributed by atoms with Crippen molar-refractivity contribution in [2.24, 2.45) is 11.5 Å². The van der Waals surface area contributed by atoms with Gasteiger partial charge < -0.3 is 20.9 Å². The quantitative estimate of drug-likeness (QED) is 0.370. The minimum absolute atomic E-state index is 0.732. The molecule has 0 bridgehead atoms. The van der Waals surface area contributed by atoms with Gasteiger partial charge in [-0.25, -0.2) is 9.59 Å². The Morgan fingerprint density at radius 2 is 1.07 bits per heavy atom.